The SMILES string of the molecule is Fc1cc(F)c(Nc2cccc3cc(Br)cnc23)nc1F. The summed E-state index contributed by atoms with van der Waals surface area (Å²) in [5.74, 6) is -4.08. The predicted octanol–water partition coefficient (Wildman–Crippen LogP) is 4.55. The van der Waals surface area contributed by atoms with Crippen molar-refractivity contribution in [1.82, 2.24) is 9.97 Å². The molecule has 0 bridgehead atoms. The van der Waals surface area contributed by atoms with Crippen molar-refractivity contribution >= 4 is 38.3 Å². The van der Waals surface area contributed by atoms with Crippen molar-refractivity contribution in [2.45, 2.75) is 0 Å². The molecule has 3 nitrogen and oxygen atoms in total. The summed E-state index contributed by atoms with van der Waals surface area (Å²) in [6.45, 7) is 0. The van der Waals surface area contributed by atoms with E-state index in [4.69, 9.17) is 0 Å². The average molecular weight is 354 g/mol. The minimum atomic E-state index is -1.37. The third-order valence-corrected chi connectivity index (χ3v) is 3.25. The Kier molecular flexibility index (Phi) is 3.50. The van der Waals surface area contributed by atoms with E-state index in [1.807, 2.05) is 12.1 Å². The quantitative estimate of drug-likeness (QED) is 0.686. The second-order valence-corrected chi connectivity index (χ2v) is 5.16. The highest BCUT2D eigenvalue weighted by atomic mass is 79.9. The average Bonchev–Trinajstić information content (AvgIpc) is 2.44. The van der Waals surface area contributed by atoms with Crippen LogP contribution in [0.4, 0.5) is 24.7 Å². The summed E-state index contributed by atoms with van der Waals surface area (Å²) >= 11 is 3.31. The molecule has 0 aliphatic heterocycles. The van der Waals surface area contributed by atoms with Crippen molar-refractivity contribution in [2.24, 2.45) is 0 Å². The molecule has 0 atom stereocenters. The molecule has 0 fully saturated rings. The lowest BCUT2D eigenvalue weighted by Crippen LogP contribution is -2.02. The summed E-state index contributed by atoms with van der Waals surface area (Å²) in [5, 5.41) is 3.44. The van der Waals surface area contributed by atoms with Gasteiger partial charge in [-0.05, 0) is 28.1 Å². The summed E-state index contributed by atoms with van der Waals surface area (Å²) in [6.07, 6.45) is 1.59. The van der Waals surface area contributed by atoms with Crippen LogP contribution in [-0.4, -0.2) is 9.97 Å². The number of pyridine rings is 2. The number of nitrogens with zero attached hydrogens (tertiary/aromatic N) is 2. The van der Waals surface area contributed by atoms with Gasteiger partial charge in [-0.1, -0.05) is 12.1 Å². The van der Waals surface area contributed by atoms with Crippen molar-refractivity contribution in [3.8, 4) is 0 Å². The fraction of sp³-hybridized carbons (Fsp3) is 0. The van der Waals surface area contributed by atoms with E-state index in [0.29, 0.717) is 17.3 Å². The molecule has 0 radical (unpaired) electrons. The predicted molar refractivity (Wildman–Crippen MR) is 76.8 cm³/mol. The number of para-hydroxylation sites is 1. The summed E-state index contributed by atoms with van der Waals surface area (Å²) in [6, 6.07) is 7.48. The number of hydrogen-bond donors (Lipinski definition) is 1. The normalized spacial score (nSPS) is 10.9. The zero-order valence-electron chi connectivity index (χ0n) is 10.4. The van der Waals surface area contributed by atoms with E-state index in [-0.39, 0.29) is 0 Å². The Hall–Kier alpha value is -2.15. The van der Waals surface area contributed by atoms with Crippen LogP contribution in [0.2, 0.25) is 0 Å². The fourth-order valence-corrected chi connectivity index (χ4v) is 2.24. The minimum absolute atomic E-state index is 0.397. The molecule has 3 rings (SSSR count). The van der Waals surface area contributed by atoms with E-state index in [1.165, 1.54) is 0 Å². The number of halogens is 4. The Morgan fingerprint density at radius 1 is 1.05 bits per heavy atom. The largest absolute Gasteiger partial charge is 0.336 e. The number of benzene rings is 1. The molecule has 0 amide bonds. The van der Waals surface area contributed by atoms with Gasteiger partial charge in [0.1, 0.15) is 0 Å². The van der Waals surface area contributed by atoms with E-state index >= 15 is 0 Å². The molecule has 3 aromatic rings. The zero-order chi connectivity index (χ0) is 15.0. The van der Waals surface area contributed by atoms with Crippen molar-refractivity contribution < 1.29 is 13.2 Å². The zero-order valence-corrected chi connectivity index (χ0v) is 12.0. The van der Waals surface area contributed by atoms with Crippen LogP contribution in [0, 0.1) is 17.6 Å². The lowest BCUT2D eigenvalue weighted by Gasteiger charge is -2.09. The van der Waals surface area contributed by atoms with Gasteiger partial charge >= 0.3 is 0 Å². The summed E-state index contributed by atoms with van der Waals surface area (Å²) in [4.78, 5) is 7.45. The first kappa shape index (κ1) is 13.8. The second kappa shape index (κ2) is 5.33. The Bertz CT molecular complexity index is 839. The highest BCUT2D eigenvalue weighted by molar-refractivity contribution is 9.10. The van der Waals surface area contributed by atoms with Gasteiger partial charge in [-0.25, -0.2) is 8.78 Å². The van der Waals surface area contributed by atoms with Gasteiger partial charge in [0.15, 0.2) is 17.5 Å². The molecule has 0 spiro atoms. The first-order chi connectivity index (χ1) is 10.0. The van der Waals surface area contributed by atoms with Crippen LogP contribution in [-0.2, 0) is 0 Å². The third-order valence-electron chi connectivity index (χ3n) is 2.82. The molecule has 0 aliphatic rings. The van der Waals surface area contributed by atoms with Gasteiger partial charge in [0.05, 0.1) is 11.2 Å². The molecule has 1 aromatic carbocycles. The molecule has 2 heterocycles. The maximum atomic E-state index is 13.6. The van der Waals surface area contributed by atoms with E-state index in [2.05, 4.69) is 31.2 Å². The molecule has 2 aromatic heterocycles. The number of nitrogens with one attached hydrogen (secondary N) is 1. The summed E-state index contributed by atoms with van der Waals surface area (Å²) < 4.78 is 40.4. The van der Waals surface area contributed by atoms with E-state index in [9.17, 15) is 13.2 Å². The fourth-order valence-electron chi connectivity index (χ4n) is 1.89. The van der Waals surface area contributed by atoms with Gasteiger partial charge in [0, 0.05) is 22.1 Å². The standard InChI is InChI=1S/C14H7BrF3N3/c15-8-4-7-2-1-3-11(12(7)19-6-8)20-14-10(17)5-9(16)13(18)21-14/h1-6H,(H,20,21). The van der Waals surface area contributed by atoms with Crippen LogP contribution in [0.5, 0.6) is 0 Å². The van der Waals surface area contributed by atoms with Crippen LogP contribution in [0.25, 0.3) is 10.9 Å². The van der Waals surface area contributed by atoms with Crippen LogP contribution < -0.4 is 5.32 Å². The number of rotatable bonds is 2. The monoisotopic (exact) mass is 353 g/mol. The molecule has 21 heavy (non-hydrogen) atoms. The maximum Gasteiger partial charge on any atom is 0.251 e. The maximum absolute atomic E-state index is 13.6. The Balaban J connectivity index is 2.08. The Labute approximate surface area is 126 Å². The number of fused-ring (bicyclic) bond motifs is 1. The topological polar surface area (TPSA) is 37.8 Å². The van der Waals surface area contributed by atoms with E-state index in [1.54, 1.807) is 18.3 Å². The van der Waals surface area contributed by atoms with Gasteiger partial charge < -0.3 is 5.32 Å². The molecular weight excluding hydrogens is 347 g/mol. The van der Waals surface area contributed by atoms with Gasteiger partial charge in [0.2, 0.25) is 0 Å². The lowest BCUT2D eigenvalue weighted by atomic mass is 10.2. The minimum Gasteiger partial charge on any atom is -0.336 e. The summed E-state index contributed by atoms with van der Waals surface area (Å²) in [5.41, 5.74) is 1.00. The van der Waals surface area contributed by atoms with Crippen molar-refractivity contribution in [3.05, 3.63) is 58.6 Å². The van der Waals surface area contributed by atoms with Crippen molar-refractivity contribution in [2.75, 3.05) is 5.32 Å². The smallest absolute Gasteiger partial charge is 0.251 e. The first-order valence-corrected chi connectivity index (χ1v) is 6.67. The van der Waals surface area contributed by atoms with Crippen LogP contribution >= 0.6 is 15.9 Å². The van der Waals surface area contributed by atoms with Crippen LogP contribution in [0.3, 0.4) is 0 Å². The number of hydrogen-bond acceptors (Lipinski definition) is 3. The Morgan fingerprint density at radius 3 is 2.67 bits per heavy atom. The molecule has 1 N–H and O–H groups in total. The van der Waals surface area contributed by atoms with Crippen LogP contribution in [0.1, 0.15) is 0 Å². The molecule has 0 aliphatic carbocycles. The van der Waals surface area contributed by atoms with Gasteiger partial charge in [-0.2, -0.15) is 9.37 Å². The third kappa shape index (κ3) is 2.69. The first-order valence-electron chi connectivity index (χ1n) is 5.87. The molecule has 0 unspecified atom stereocenters. The lowest BCUT2D eigenvalue weighted by molar-refractivity contribution is 0.467. The molecule has 0 saturated heterocycles. The van der Waals surface area contributed by atoms with Crippen molar-refractivity contribution in [1.29, 1.82) is 0 Å². The van der Waals surface area contributed by atoms with Crippen LogP contribution in [0.15, 0.2) is 41.0 Å². The van der Waals surface area contributed by atoms with Gasteiger partial charge in [0.25, 0.3) is 5.95 Å². The van der Waals surface area contributed by atoms with Gasteiger partial charge in [-0.3, -0.25) is 4.98 Å². The number of aromatic nitrogens is 2. The number of anilines is 2. The molecule has 106 valence electrons. The van der Waals surface area contributed by atoms with Crippen molar-refractivity contribution in [3.63, 3.8) is 0 Å². The highest BCUT2D eigenvalue weighted by Crippen LogP contribution is 2.27. The van der Waals surface area contributed by atoms with E-state index < -0.39 is 23.4 Å². The summed E-state index contributed by atoms with van der Waals surface area (Å²) in [7, 11) is 0. The highest BCUT2D eigenvalue weighted by Gasteiger charge is 2.13. The van der Waals surface area contributed by atoms with Gasteiger partial charge in [-0.15, -0.1) is 0 Å². The second-order valence-electron chi connectivity index (χ2n) is 4.25. The molecule has 7 heteroatoms. The molecule has 0 saturated carbocycles. The molecular formula is C14H7BrF3N3. The van der Waals surface area contributed by atoms with E-state index in [0.717, 1.165) is 9.86 Å². The Morgan fingerprint density at radius 2 is 1.86 bits per heavy atom.